The molecule has 2 heterocycles. The van der Waals surface area contributed by atoms with Crippen LogP contribution < -0.4 is 0 Å². The molecular formula is C23H20ClNO3S. The lowest BCUT2D eigenvalue weighted by Crippen LogP contribution is -2.21. The van der Waals surface area contributed by atoms with Gasteiger partial charge in [0.1, 0.15) is 0 Å². The first-order valence-electron chi connectivity index (χ1n) is 9.31. The number of carboxylic acids is 1. The number of thiophene rings is 1. The normalized spacial score (nSPS) is 12.7. The number of fused-ring (bicyclic) bond motifs is 2. The number of pyridine rings is 1. The van der Waals surface area contributed by atoms with Crippen LogP contribution in [0, 0.1) is 6.92 Å². The van der Waals surface area contributed by atoms with E-state index in [9.17, 15) is 9.90 Å². The highest BCUT2D eigenvalue weighted by Gasteiger charge is 2.30. The van der Waals surface area contributed by atoms with Gasteiger partial charge >= 0.3 is 5.97 Å². The number of rotatable bonds is 5. The molecule has 2 aromatic heterocycles. The molecule has 0 radical (unpaired) electrons. The average molecular weight is 426 g/mol. The SMILES string of the molecule is Cc1nc2ccc(Cl)cc2c(-c2csc3ccccc23)c1C(OC(C)C)C(=O)O. The second-order valence-corrected chi connectivity index (χ2v) is 8.54. The van der Waals surface area contributed by atoms with Crippen LogP contribution in [0.15, 0.2) is 47.8 Å². The van der Waals surface area contributed by atoms with Crippen LogP contribution in [0.1, 0.15) is 31.2 Å². The molecule has 0 fully saturated rings. The van der Waals surface area contributed by atoms with Crippen LogP contribution in [0.4, 0.5) is 0 Å². The Morgan fingerprint density at radius 1 is 1.17 bits per heavy atom. The van der Waals surface area contributed by atoms with Gasteiger partial charge in [0.2, 0.25) is 0 Å². The van der Waals surface area contributed by atoms with E-state index >= 15 is 0 Å². The Morgan fingerprint density at radius 3 is 2.66 bits per heavy atom. The van der Waals surface area contributed by atoms with Crippen molar-refractivity contribution >= 4 is 49.9 Å². The lowest BCUT2D eigenvalue weighted by molar-refractivity contribution is -0.153. The van der Waals surface area contributed by atoms with E-state index in [0.717, 1.165) is 32.1 Å². The molecular weight excluding hydrogens is 406 g/mol. The summed E-state index contributed by atoms with van der Waals surface area (Å²) in [5.41, 5.74) is 3.77. The zero-order valence-corrected chi connectivity index (χ0v) is 17.8. The predicted octanol–water partition coefficient (Wildman–Crippen LogP) is 6.63. The highest BCUT2D eigenvalue weighted by molar-refractivity contribution is 7.17. The van der Waals surface area contributed by atoms with Crippen LogP contribution in [0.2, 0.25) is 5.02 Å². The topological polar surface area (TPSA) is 59.4 Å². The van der Waals surface area contributed by atoms with E-state index in [2.05, 4.69) is 22.5 Å². The number of aliphatic carboxylic acids is 1. The van der Waals surface area contributed by atoms with E-state index in [-0.39, 0.29) is 6.10 Å². The summed E-state index contributed by atoms with van der Waals surface area (Å²) in [7, 11) is 0. The van der Waals surface area contributed by atoms with Crippen molar-refractivity contribution in [2.45, 2.75) is 33.0 Å². The second-order valence-electron chi connectivity index (χ2n) is 7.20. The monoisotopic (exact) mass is 425 g/mol. The van der Waals surface area contributed by atoms with Gasteiger partial charge in [-0.1, -0.05) is 29.8 Å². The molecule has 1 unspecified atom stereocenters. The van der Waals surface area contributed by atoms with Crippen molar-refractivity contribution in [2.75, 3.05) is 0 Å². The first kappa shape index (κ1) is 19.8. The number of hydrogen-bond donors (Lipinski definition) is 1. The second kappa shape index (κ2) is 7.75. The minimum Gasteiger partial charge on any atom is -0.479 e. The van der Waals surface area contributed by atoms with Gasteiger partial charge < -0.3 is 9.84 Å². The fourth-order valence-corrected chi connectivity index (χ4v) is 4.80. The minimum absolute atomic E-state index is 0.252. The molecule has 0 aliphatic carbocycles. The van der Waals surface area contributed by atoms with Crippen molar-refractivity contribution in [2.24, 2.45) is 0 Å². The van der Waals surface area contributed by atoms with Crippen molar-refractivity contribution in [1.82, 2.24) is 4.98 Å². The quantitative estimate of drug-likeness (QED) is 0.390. The number of aromatic nitrogens is 1. The largest absolute Gasteiger partial charge is 0.479 e. The van der Waals surface area contributed by atoms with Gasteiger partial charge in [-0.25, -0.2) is 4.79 Å². The first-order chi connectivity index (χ1) is 13.9. The third kappa shape index (κ3) is 3.62. The third-order valence-corrected chi connectivity index (χ3v) is 6.02. The summed E-state index contributed by atoms with van der Waals surface area (Å²) in [4.78, 5) is 16.9. The summed E-state index contributed by atoms with van der Waals surface area (Å²) in [6, 6.07) is 13.6. The van der Waals surface area contributed by atoms with E-state index < -0.39 is 12.1 Å². The molecule has 4 nitrogen and oxygen atoms in total. The Labute approximate surface area is 177 Å². The fraction of sp³-hybridized carbons (Fsp3) is 0.217. The molecule has 0 spiro atoms. The van der Waals surface area contributed by atoms with Gasteiger partial charge in [-0.2, -0.15) is 0 Å². The molecule has 0 aliphatic rings. The number of halogens is 1. The van der Waals surface area contributed by atoms with Crippen LogP contribution >= 0.6 is 22.9 Å². The number of benzene rings is 2. The lowest BCUT2D eigenvalue weighted by Gasteiger charge is -2.23. The number of nitrogens with zero attached hydrogens (tertiary/aromatic N) is 1. The molecule has 2 aromatic carbocycles. The highest BCUT2D eigenvalue weighted by atomic mass is 35.5. The molecule has 0 saturated heterocycles. The maximum Gasteiger partial charge on any atom is 0.337 e. The molecule has 6 heteroatoms. The van der Waals surface area contributed by atoms with Crippen molar-refractivity contribution in [3.63, 3.8) is 0 Å². The van der Waals surface area contributed by atoms with Crippen LogP contribution in [0.3, 0.4) is 0 Å². The fourth-order valence-electron chi connectivity index (χ4n) is 3.68. The van der Waals surface area contributed by atoms with Gasteiger partial charge in [-0.05, 0) is 50.4 Å². The van der Waals surface area contributed by atoms with Gasteiger partial charge in [0, 0.05) is 42.9 Å². The minimum atomic E-state index is -1.13. The molecule has 0 bridgehead atoms. The van der Waals surface area contributed by atoms with E-state index in [4.69, 9.17) is 16.3 Å². The Morgan fingerprint density at radius 2 is 1.93 bits per heavy atom. The molecule has 0 saturated carbocycles. The molecule has 4 aromatic rings. The molecule has 0 aliphatic heterocycles. The van der Waals surface area contributed by atoms with Crippen molar-refractivity contribution < 1.29 is 14.6 Å². The van der Waals surface area contributed by atoms with Gasteiger partial charge in [0.15, 0.2) is 6.10 Å². The molecule has 4 rings (SSSR count). The van der Waals surface area contributed by atoms with Crippen LogP contribution in [0.5, 0.6) is 0 Å². The summed E-state index contributed by atoms with van der Waals surface area (Å²) in [6.07, 6.45) is -1.38. The maximum atomic E-state index is 12.2. The van der Waals surface area contributed by atoms with Crippen molar-refractivity contribution in [3.8, 4) is 11.1 Å². The Balaban J connectivity index is 2.14. The molecule has 1 atom stereocenters. The average Bonchev–Trinajstić information content (AvgIpc) is 3.09. The number of hydrogen-bond acceptors (Lipinski definition) is 4. The Bertz CT molecular complexity index is 1230. The van der Waals surface area contributed by atoms with Crippen molar-refractivity contribution in [3.05, 3.63) is 64.1 Å². The predicted molar refractivity (Wildman–Crippen MR) is 119 cm³/mol. The maximum absolute atomic E-state index is 12.2. The summed E-state index contributed by atoms with van der Waals surface area (Å²) in [5, 5.41) is 14.5. The lowest BCUT2D eigenvalue weighted by atomic mass is 9.91. The number of aryl methyl sites for hydroxylation is 1. The van der Waals surface area contributed by atoms with Gasteiger partial charge in [-0.3, -0.25) is 4.98 Å². The van der Waals surface area contributed by atoms with Crippen LogP contribution in [-0.4, -0.2) is 22.2 Å². The summed E-state index contributed by atoms with van der Waals surface area (Å²) in [5.74, 6) is -1.04. The molecule has 0 amide bonds. The Hall–Kier alpha value is -2.47. The highest BCUT2D eigenvalue weighted by Crippen LogP contribution is 2.43. The van der Waals surface area contributed by atoms with Crippen LogP contribution in [-0.2, 0) is 9.53 Å². The molecule has 29 heavy (non-hydrogen) atoms. The number of ether oxygens (including phenoxy) is 1. The van der Waals surface area contributed by atoms with E-state index in [0.29, 0.717) is 16.3 Å². The smallest absolute Gasteiger partial charge is 0.337 e. The summed E-state index contributed by atoms with van der Waals surface area (Å²) < 4.78 is 6.97. The van der Waals surface area contributed by atoms with Gasteiger partial charge in [0.05, 0.1) is 11.6 Å². The van der Waals surface area contributed by atoms with Crippen molar-refractivity contribution in [1.29, 1.82) is 0 Å². The molecule has 1 N–H and O–H groups in total. The van der Waals surface area contributed by atoms with E-state index in [1.54, 1.807) is 17.4 Å². The summed E-state index contributed by atoms with van der Waals surface area (Å²) >= 11 is 7.94. The summed E-state index contributed by atoms with van der Waals surface area (Å²) in [6.45, 7) is 5.49. The number of carbonyl (C=O) groups is 1. The van der Waals surface area contributed by atoms with Gasteiger partial charge in [-0.15, -0.1) is 11.3 Å². The van der Waals surface area contributed by atoms with Gasteiger partial charge in [0.25, 0.3) is 0 Å². The van der Waals surface area contributed by atoms with E-state index in [1.165, 1.54) is 0 Å². The Kier molecular flexibility index (Phi) is 5.30. The molecule has 148 valence electrons. The van der Waals surface area contributed by atoms with E-state index in [1.807, 2.05) is 45.0 Å². The third-order valence-electron chi connectivity index (χ3n) is 4.82. The zero-order chi connectivity index (χ0) is 20.7. The first-order valence-corrected chi connectivity index (χ1v) is 10.6. The number of carboxylic acid groups (broad SMARTS) is 1. The standard InChI is InChI=1S/C23H20ClNO3S/c1-12(2)28-22(23(26)27)20-13(3)25-18-9-8-14(24)10-16(18)21(20)17-11-29-19-7-5-4-6-15(17)19/h4-12,22H,1-3H3,(H,26,27). The van der Waals surface area contributed by atoms with Crippen LogP contribution in [0.25, 0.3) is 32.1 Å². The zero-order valence-electron chi connectivity index (χ0n) is 16.3.